The molecule has 0 spiro atoms. The Morgan fingerprint density at radius 2 is 1.79 bits per heavy atom. The van der Waals surface area contributed by atoms with Gasteiger partial charge in [0.1, 0.15) is 0 Å². The summed E-state index contributed by atoms with van der Waals surface area (Å²) in [5.41, 5.74) is 0.332. The number of carboxylic acids is 1. The van der Waals surface area contributed by atoms with Gasteiger partial charge in [0, 0.05) is 6.08 Å². The van der Waals surface area contributed by atoms with Crippen LogP contribution in [0.1, 0.15) is 10.4 Å². The molecular formula is C15H14O4. The third-order valence-electron chi connectivity index (χ3n) is 2.36. The van der Waals surface area contributed by atoms with E-state index in [1.165, 1.54) is 7.11 Å². The fraction of sp³-hybridized carbons (Fsp3) is 0.0667. The molecule has 1 N–H and O–H groups in total. The standard InChI is InChI=1S/C11H8O2.C4H6O2/c12-11(13)10-6-5-8-3-1-2-4-9(8)7-10;1-3-4(5)6-2/h1-7H,(H,12,13);3H,1H2,2H3. The highest BCUT2D eigenvalue weighted by molar-refractivity contribution is 5.94. The van der Waals surface area contributed by atoms with Gasteiger partial charge in [0.2, 0.25) is 0 Å². The van der Waals surface area contributed by atoms with Gasteiger partial charge in [-0.3, -0.25) is 0 Å². The lowest BCUT2D eigenvalue weighted by atomic mass is 10.1. The number of ether oxygens (including phenoxy) is 1. The molecule has 0 bridgehead atoms. The fourth-order valence-corrected chi connectivity index (χ4v) is 1.41. The summed E-state index contributed by atoms with van der Waals surface area (Å²) in [6.07, 6.45) is 1.11. The molecule has 0 aliphatic heterocycles. The first-order valence-electron chi connectivity index (χ1n) is 5.51. The van der Waals surface area contributed by atoms with Crippen LogP contribution in [0.2, 0.25) is 0 Å². The zero-order valence-corrected chi connectivity index (χ0v) is 10.5. The SMILES string of the molecule is C=CC(=O)OC.O=C(O)c1ccc2ccccc2c1. The van der Waals surface area contributed by atoms with E-state index in [1.54, 1.807) is 12.1 Å². The Bertz CT molecular complexity index is 602. The van der Waals surface area contributed by atoms with E-state index in [1.807, 2.05) is 30.3 Å². The maximum Gasteiger partial charge on any atom is 0.335 e. The number of rotatable bonds is 2. The Hall–Kier alpha value is -2.62. The molecular weight excluding hydrogens is 244 g/mol. The molecule has 98 valence electrons. The van der Waals surface area contributed by atoms with E-state index < -0.39 is 11.9 Å². The first-order chi connectivity index (χ1) is 9.08. The number of methoxy groups -OCH3 is 1. The van der Waals surface area contributed by atoms with Crippen molar-refractivity contribution in [3.8, 4) is 0 Å². The monoisotopic (exact) mass is 258 g/mol. The number of carbonyl (C=O) groups excluding carboxylic acids is 1. The van der Waals surface area contributed by atoms with Gasteiger partial charge in [-0.15, -0.1) is 0 Å². The van der Waals surface area contributed by atoms with Crippen molar-refractivity contribution >= 4 is 22.7 Å². The number of hydrogen-bond donors (Lipinski definition) is 1. The zero-order valence-electron chi connectivity index (χ0n) is 10.5. The highest BCUT2D eigenvalue weighted by atomic mass is 16.5. The molecule has 0 heterocycles. The highest BCUT2D eigenvalue weighted by Gasteiger charge is 2.01. The van der Waals surface area contributed by atoms with Crippen molar-refractivity contribution < 1.29 is 19.4 Å². The summed E-state index contributed by atoms with van der Waals surface area (Å²) >= 11 is 0. The van der Waals surface area contributed by atoms with Crippen LogP contribution in [-0.4, -0.2) is 24.2 Å². The van der Waals surface area contributed by atoms with E-state index >= 15 is 0 Å². The maximum absolute atomic E-state index is 10.6. The summed E-state index contributed by atoms with van der Waals surface area (Å²) in [4.78, 5) is 20.5. The summed E-state index contributed by atoms with van der Waals surface area (Å²) in [6, 6.07) is 12.8. The van der Waals surface area contributed by atoms with E-state index in [0.29, 0.717) is 5.56 Å². The van der Waals surface area contributed by atoms with E-state index in [-0.39, 0.29) is 0 Å². The third kappa shape index (κ3) is 4.27. The maximum atomic E-state index is 10.6. The van der Waals surface area contributed by atoms with Crippen molar-refractivity contribution in [2.75, 3.05) is 7.11 Å². The van der Waals surface area contributed by atoms with Crippen molar-refractivity contribution in [1.82, 2.24) is 0 Å². The molecule has 0 aromatic heterocycles. The molecule has 0 saturated carbocycles. The summed E-state index contributed by atoms with van der Waals surface area (Å²) in [6.45, 7) is 3.16. The number of aromatic carboxylic acids is 1. The Morgan fingerprint density at radius 3 is 2.26 bits per heavy atom. The molecule has 0 atom stereocenters. The predicted molar refractivity (Wildman–Crippen MR) is 73.1 cm³/mol. The third-order valence-corrected chi connectivity index (χ3v) is 2.36. The van der Waals surface area contributed by atoms with Gasteiger partial charge in [0.05, 0.1) is 12.7 Å². The number of carboxylic acid groups (broad SMARTS) is 1. The molecule has 2 aromatic carbocycles. The molecule has 0 aliphatic carbocycles. The molecule has 19 heavy (non-hydrogen) atoms. The van der Waals surface area contributed by atoms with Crippen molar-refractivity contribution in [2.24, 2.45) is 0 Å². The lowest BCUT2D eigenvalue weighted by molar-refractivity contribution is -0.134. The van der Waals surface area contributed by atoms with Gasteiger partial charge >= 0.3 is 11.9 Å². The Balaban J connectivity index is 0.000000258. The second-order valence-electron chi connectivity index (χ2n) is 3.59. The van der Waals surface area contributed by atoms with Gasteiger partial charge in [-0.1, -0.05) is 36.9 Å². The van der Waals surface area contributed by atoms with Crippen molar-refractivity contribution in [2.45, 2.75) is 0 Å². The van der Waals surface area contributed by atoms with E-state index in [0.717, 1.165) is 16.8 Å². The molecule has 2 aromatic rings. The minimum absolute atomic E-state index is 0.332. The summed E-state index contributed by atoms with van der Waals surface area (Å²) in [5.74, 6) is -1.28. The average molecular weight is 258 g/mol. The van der Waals surface area contributed by atoms with Crippen LogP contribution in [0.15, 0.2) is 55.1 Å². The predicted octanol–water partition coefficient (Wildman–Crippen LogP) is 2.88. The zero-order chi connectivity index (χ0) is 14.3. The molecule has 0 unspecified atom stereocenters. The van der Waals surface area contributed by atoms with E-state index in [2.05, 4.69) is 11.3 Å². The van der Waals surface area contributed by atoms with Crippen LogP contribution in [0.3, 0.4) is 0 Å². The van der Waals surface area contributed by atoms with Crippen LogP contribution in [-0.2, 0) is 9.53 Å². The second kappa shape index (κ2) is 6.96. The first-order valence-corrected chi connectivity index (χ1v) is 5.51. The van der Waals surface area contributed by atoms with Crippen molar-refractivity contribution in [1.29, 1.82) is 0 Å². The average Bonchev–Trinajstić information content (AvgIpc) is 2.46. The minimum atomic E-state index is -0.884. The normalized spacial score (nSPS) is 9.11. The molecule has 0 saturated heterocycles. The number of esters is 1. The van der Waals surface area contributed by atoms with Crippen LogP contribution < -0.4 is 0 Å². The molecule has 0 fully saturated rings. The fourth-order valence-electron chi connectivity index (χ4n) is 1.41. The highest BCUT2D eigenvalue weighted by Crippen LogP contribution is 2.15. The van der Waals surface area contributed by atoms with E-state index in [9.17, 15) is 9.59 Å². The summed E-state index contributed by atoms with van der Waals surface area (Å²) < 4.78 is 4.14. The topological polar surface area (TPSA) is 63.6 Å². The van der Waals surface area contributed by atoms with Gasteiger partial charge in [-0.25, -0.2) is 9.59 Å². The Kier molecular flexibility index (Phi) is 5.29. The Labute approximate surface area is 110 Å². The molecule has 0 radical (unpaired) electrons. The van der Waals surface area contributed by atoms with Crippen LogP contribution >= 0.6 is 0 Å². The molecule has 0 amide bonds. The largest absolute Gasteiger partial charge is 0.478 e. The van der Waals surface area contributed by atoms with Crippen molar-refractivity contribution in [3.05, 3.63) is 60.7 Å². The number of hydrogen-bond acceptors (Lipinski definition) is 3. The van der Waals surface area contributed by atoms with E-state index in [4.69, 9.17) is 5.11 Å². The van der Waals surface area contributed by atoms with Gasteiger partial charge in [0.25, 0.3) is 0 Å². The summed E-state index contributed by atoms with van der Waals surface area (Å²) in [5, 5.41) is 10.8. The van der Waals surface area contributed by atoms with Gasteiger partial charge in [-0.05, 0) is 22.9 Å². The van der Waals surface area contributed by atoms with Gasteiger partial charge < -0.3 is 9.84 Å². The van der Waals surface area contributed by atoms with Crippen LogP contribution in [0, 0.1) is 0 Å². The minimum Gasteiger partial charge on any atom is -0.478 e. The first kappa shape index (κ1) is 14.4. The molecule has 4 heteroatoms. The van der Waals surface area contributed by atoms with Crippen LogP contribution in [0.25, 0.3) is 10.8 Å². The molecule has 0 aliphatic rings. The number of fused-ring (bicyclic) bond motifs is 1. The summed E-state index contributed by atoms with van der Waals surface area (Å²) in [7, 11) is 1.31. The quantitative estimate of drug-likeness (QED) is 0.664. The number of benzene rings is 2. The van der Waals surface area contributed by atoms with Gasteiger partial charge in [-0.2, -0.15) is 0 Å². The van der Waals surface area contributed by atoms with Crippen LogP contribution in [0.4, 0.5) is 0 Å². The lowest BCUT2D eigenvalue weighted by Gasteiger charge is -1.98. The Morgan fingerprint density at radius 1 is 1.16 bits per heavy atom. The number of carbonyl (C=O) groups is 2. The van der Waals surface area contributed by atoms with Crippen LogP contribution in [0.5, 0.6) is 0 Å². The van der Waals surface area contributed by atoms with Gasteiger partial charge in [0.15, 0.2) is 0 Å². The smallest absolute Gasteiger partial charge is 0.335 e. The second-order valence-corrected chi connectivity index (χ2v) is 3.59. The van der Waals surface area contributed by atoms with Crippen molar-refractivity contribution in [3.63, 3.8) is 0 Å². The lowest BCUT2D eigenvalue weighted by Crippen LogP contribution is -1.94. The molecule has 4 nitrogen and oxygen atoms in total. The molecule has 2 rings (SSSR count).